The molecule has 0 aliphatic carbocycles. The number of alkyl halides is 3. The summed E-state index contributed by atoms with van der Waals surface area (Å²) in [5, 5.41) is 3.09. The monoisotopic (exact) mass is 380 g/mol. The quantitative estimate of drug-likeness (QED) is 0.746. The van der Waals surface area contributed by atoms with E-state index in [2.05, 4.69) is 10.3 Å². The number of amides is 1. The first-order valence-electron chi connectivity index (χ1n) is 6.16. The second-order valence-electron chi connectivity index (χ2n) is 4.36. The molecule has 2 rings (SSSR count). The van der Waals surface area contributed by atoms with Gasteiger partial charge in [0.05, 0.1) is 16.3 Å². The molecule has 1 heterocycles. The molecule has 0 atom stereocenters. The van der Waals surface area contributed by atoms with E-state index in [1.54, 1.807) is 24.3 Å². The van der Waals surface area contributed by atoms with Gasteiger partial charge in [0.1, 0.15) is 5.03 Å². The lowest BCUT2D eigenvalue weighted by Gasteiger charge is -2.09. The highest BCUT2D eigenvalue weighted by atomic mass is 35.5. The average Bonchev–Trinajstić information content (AvgIpc) is 2.45. The maximum atomic E-state index is 12.5. The molecule has 23 heavy (non-hydrogen) atoms. The van der Waals surface area contributed by atoms with Gasteiger partial charge in [0, 0.05) is 16.9 Å². The van der Waals surface area contributed by atoms with E-state index >= 15 is 0 Å². The van der Waals surface area contributed by atoms with Gasteiger partial charge in [-0.2, -0.15) is 13.2 Å². The van der Waals surface area contributed by atoms with Gasteiger partial charge in [0.25, 0.3) is 0 Å². The molecule has 0 saturated heterocycles. The minimum Gasteiger partial charge on any atom is -0.325 e. The van der Waals surface area contributed by atoms with Crippen molar-refractivity contribution in [3.63, 3.8) is 0 Å². The van der Waals surface area contributed by atoms with Crippen molar-refractivity contribution in [1.29, 1.82) is 0 Å². The second-order valence-corrected chi connectivity index (χ2v) is 6.16. The summed E-state index contributed by atoms with van der Waals surface area (Å²) in [5.41, 5.74) is -0.412. The first-order chi connectivity index (χ1) is 10.8. The molecule has 2 aromatic rings. The average molecular weight is 381 g/mol. The van der Waals surface area contributed by atoms with E-state index in [0.29, 0.717) is 16.9 Å². The predicted octanol–water partition coefficient (Wildman–Crippen LogP) is 5.14. The van der Waals surface area contributed by atoms with Gasteiger partial charge >= 0.3 is 6.18 Å². The lowest BCUT2D eigenvalue weighted by Crippen LogP contribution is -2.14. The van der Waals surface area contributed by atoms with Gasteiger partial charge in [0.2, 0.25) is 5.91 Å². The smallest absolute Gasteiger partial charge is 0.325 e. The summed E-state index contributed by atoms with van der Waals surface area (Å²) in [6.45, 7) is 0. The maximum Gasteiger partial charge on any atom is 0.417 e. The van der Waals surface area contributed by atoms with E-state index in [9.17, 15) is 18.0 Å². The van der Waals surface area contributed by atoms with E-state index in [1.807, 2.05) is 0 Å². The normalized spacial score (nSPS) is 11.3. The zero-order valence-corrected chi connectivity index (χ0v) is 13.7. The summed E-state index contributed by atoms with van der Waals surface area (Å²) in [5.74, 6) is -0.403. The summed E-state index contributed by atoms with van der Waals surface area (Å²) in [4.78, 5) is 15.5. The minimum absolute atomic E-state index is 0.0510. The molecule has 9 heteroatoms. The third-order valence-corrected chi connectivity index (χ3v) is 4.22. The predicted molar refractivity (Wildman–Crippen MR) is 85.1 cm³/mol. The van der Waals surface area contributed by atoms with Crippen LogP contribution in [-0.4, -0.2) is 16.6 Å². The molecular weight excluding hydrogens is 372 g/mol. The number of halogens is 5. The fourth-order valence-electron chi connectivity index (χ4n) is 1.58. The number of nitrogens with one attached hydrogen (secondary N) is 1. The fourth-order valence-corrected chi connectivity index (χ4v) is 2.77. The van der Waals surface area contributed by atoms with Crippen LogP contribution < -0.4 is 5.32 Å². The molecule has 0 saturated carbocycles. The Kier molecular flexibility index (Phi) is 5.78. The van der Waals surface area contributed by atoms with Gasteiger partial charge in [-0.05, 0) is 24.3 Å². The highest BCUT2D eigenvalue weighted by Crippen LogP contribution is 2.33. The number of benzene rings is 1. The molecule has 1 N–H and O–H groups in total. The highest BCUT2D eigenvalue weighted by molar-refractivity contribution is 8.00. The van der Waals surface area contributed by atoms with Crippen LogP contribution >= 0.6 is 35.0 Å². The van der Waals surface area contributed by atoms with Crippen molar-refractivity contribution in [1.82, 2.24) is 4.98 Å². The fraction of sp³-hybridized carbons (Fsp3) is 0.143. The standard InChI is InChI=1S/C14H9Cl2F3N2OS/c15-9-2-1-3-10(5-9)21-12(22)7-23-13-11(16)4-8(6-20-13)14(17,18)19/h1-6H,7H2,(H,21,22). The van der Waals surface area contributed by atoms with Gasteiger partial charge < -0.3 is 5.32 Å². The Morgan fingerprint density at radius 2 is 2.00 bits per heavy atom. The molecule has 0 fully saturated rings. The highest BCUT2D eigenvalue weighted by Gasteiger charge is 2.31. The number of pyridine rings is 1. The van der Waals surface area contributed by atoms with Crippen molar-refractivity contribution in [3.05, 3.63) is 52.1 Å². The Bertz CT molecular complexity index is 725. The lowest BCUT2D eigenvalue weighted by molar-refractivity contribution is -0.137. The molecule has 0 spiro atoms. The number of thioether (sulfide) groups is 1. The van der Waals surface area contributed by atoms with Crippen LogP contribution in [0.5, 0.6) is 0 Å². The summed E-state index contributed by atoms with van der Waals surface area (Å²) in [7, 11) is 0. The van der Waals surface area contributed by atoms with Crippen molar-refractivity contribution in [3.8, 4) is 0 Å². The lowest BCUT2D eigenvalue weighted by atomic mass is 10.3. The van der Waals surface area contributed by atoms with Crippen LogP contribution in [0, 0.1) is 0 Å². The zero-order valence-electron chi connectivity index (χ0n) is 11.3. The number of nitrogens with zero attached hydrogens (tertiary/aromatic N) is 1. The molecular formula is C14H9Cl2F3N2OS. The Balaban J connectivity index is 1.97. The van der Waals surface area contributed by atoms with Crippen LogP contribution in [0.3, 0.4) is 0 Å². The molecule has 1 aromatic carbocycles. The summed E-state index contributed by atoms with van der Waals surface area (Å²) in [6, 6.07) is 7.37. The van der Waals surface area contributed by atoms with Crippen LogP contribution in [0.15, 0.2) is 41.6 Å². The van der Waals surface area contributed by atoms with Crippen LogP contribution in [0.4, 0.5) is 18.9 Å². The molecule has 122 valence electrons. The van der Waals surface area contributed by atoms with E-state index in [1.165, 1.54) is 0 Å². The summed E-state index contributed by atoms with van der Waals surface area (Å²) < 4.78 is 37.5. The summed E-state index contributed by atoms with van der Waals surface area (Å²) in [6.07, 6.45) is -3.83. The van der Waals surface area contributed by atoms with E-state index < -0.39 is 11.7 Å². The number of hydrogen-bond acceptors (Lipinski definition) is 3. The third kappa shape index (κ3) is 5.30. The van der Waals surface area contributed by atoms with E-state index in [4.69, 9.17) is 23.2 Å². The SMILES string of the molecule is O=C(CSc1ncc(C(F)(F)F)cc1Cl)Nc1cccc(Cl)c1. The number of anilines is 1. The van der Waals surface area contributed by atoms with E-state index in [-0.39, 0.29) is 21.7 Å². The van der Waals surface area contributed by atoms with Gasteiger partial charge in [0.15, 0.2) is 0 Å². The number of aromatic nitrogens is 1. The zero-order chi connectivity index (χ0) is 17.0. The number of carbonyl (C=O) groups is 1. The van der Waals surface area contributed by atoms with Crippen molar-refractivity contribution < 1.29 is 18.0 Å². The summed E-state index contributed by atoms with van der Waals surface area (Å²) >= 11 is 12.5. The topological polar surface area (TPSA) is 42.0 Å². The van der Waals surface area contributed by atoms with Crippen molar-refractivity contribution in [2.24, 2.45) is 0 Å². The number of carbonyl (C=O) groups excluding carboxylic acids is 1. The number of hydrogen-bond donors (Lipinski definition) is 1. The molecule has 1 amide bonds. The van der Waals surface area contributed by atoms with Crippen LogP contribution in [-0.2, 0) is 11.0 Å². The van der Waals surface area contributed by atoms with Crippen LogP contribution in [0.1, 0.15) is 5.56 Å². The van der Waals surface area contributed by atoms with Crippen molar-refractivity contribution in [2.45, 2.75) is 11.2 Å². The van der Waals surface area contributed by atoms with Crippen LogP contribution in [0.2, 0.25) is 10.0 Å². The molecule has 0 aliphatic rings. The Labute approximate surface area is 144 Å². The number of rotatable bonds is 4. The third-order valence-electron chi connectivity index (χ3n) is 2.58. The molecule has 1 aromatic heterocycles. The first-order valence-corrected chi connectivity index (χ1v) is 7.91. The van der Waals surface area contributed by atoms with E-state index in [0.717, 1.165) is 17.8 Å². The van der Waals surface area contributed by atoms with Crippen LogP contribution in [0.25, 0.3) is 0 Å². The Hall–Kier alpha value is -1.44. The second kappa shape index (κ2) is 7.42. The molecule has 0 unspecified atom stereocenters. The molecule has 3 nitrogen and oxygen atoms in total. The molecule has 0 bridgehead atoms. The molecule has 0 radical (unpaired) electrons. The Morgan fingerprint density at radius 1 is 1.26 bits per heavy atom. The van der Waals surface area contributed by atoms with Crippen molar-refractivity contribution >= 4 is 46.6 Å². The maximum absolute atomic E-state index is 12.5. The largest absolute Gasteiger partial charge is 0.417 e. The molecule has 0 aliphatic heterocycles. The van der Waals surface area contributed by atoms with Gasteiger partial charge in [-0.3, -0.25) is 4.79 Å². The minimum atomic E-state index is -4.51. The Morgan fingerprint density at radius 3 is 2.61 bits per heavy atom. The van der Waals surface area contributed by atoms with Gasteiger partial charge in [-0.15, -0.1) is 0 Å². The van der Waals surface area contributed by atoms with Gasteiger partial charge in [-0.1, -0.05) is 41.0 Å². The van der Waals surface area contributed by atoms with Gasteiger partial charge in [-0.25, -0.2) is 4.98 Å². The first kappa shape index (κ1) is 17.9. The van der Waals surface area contributed by atoms with Crippen molar-refractivity contribution in [2.75, 3.05) is 11.1 Å².